The lowest BCUT2D eigenvalue weighted by Gasteiger charge is -2.11. The van der Waals surface area contributed by atoms with E-state index in [-0.39, 0.29) is 52.4 Å². The van der Waals surface area contributed by atoms with Crippen LogP contribution in [0.2, 0.25) is 0 Å². The zero-order valence-electron chi connectivity index (χ0n) is 34.9. The van der Waals surface area contributed by atoms with Gasteiger partial charge in [-0.05, 0) is 116 Å². The van der Waals surface area contributed by atoms with Crippen LogP contribution < -0.4 is 0 Å². The van der Waals surface area contributed by atoms with Gasteiger partial charge in [-0.2, -0.15) is 0 Å². The summed E-state index contributed by atoms with van der Waals surface area (Å²) in [5.74, 6) is -2.29. The van der Waals surface area contributed by atoms with E-state index in [0.717, 1.165) is 11.3 Å². The number of ether oxygens (including phenoxy) is 1. The Kier molecular flexibility index (Phi) is 13.2. The summed E-state index contributed by atoms with van der Waals surface area (Å²) in [5.41, 5.74) is 4.95. The zero-order chi connectivity index (χ0) is 45.8. The first-order valence-corrected chi connectivity index (χ1v) is 23.0. The third kappa shape index (κ3) is 9.19. The van der Waals surface area contributed by atoms with Crippen LogP contribution in [-0.2, 0) is 59.9 Å². The van der Waals surface area contributed by atoms with Crippen LogP contribution in [0.4, 0.5) is 8.78 Å². The molecule has 4 aromatic heterocycles. The number of hydrogen-bond acceptors (Lipinski definition) is 9. The maximum absolute atomic E-state index is 14.2. The van der Waals surface area contributed by atoms with Crippen molar-refractivity contribution >= 4 is 53.4 Å². The molecular weight excluding hydrogens is 863 g/mol. The monoisotopic (exact) mass is 904 g/mol. The van der Waals surface area contributed by atoms with Gasteiger partial charge in [0.05, 0.1) is 16.4 Å². The third-order valence-corrected chi connectivity index (χ3v) is 14.3. The van der Waals surface area contributed by atoms with Crippen LogP contribution >= 0.6 is 0 Å². The Balaban J connectivity index is 0.000000192. The van der Waals surface area contributed by atoms with Crippen molar-refractivity contribution in [3.8, 4) is 0 Å². The van der Waals surface area contributed by atoms with E-state index in [9.17, 15) is 40.3 Å². The molecular formula is C48H42F2N4O8S2. The molecule has 0 spiro atoms. The maximum Gasteiger partial charge on any atom is 0.325 e. The number of sulfone groups is 2. The second-order valence-electron chi connectivity index (χ2n) is 14.7. The average Bonchev–Trinajstić information content (AvgIpc) is 3.67. The van der Waals surface area contributed by atoms with Crippen LogP contribution in [0, 0.1) is 25.5 Å². The highest BCUT2D eigenvalue weighted by atomic mass is 32.2. The molecule has 328 valence electrons. The molecule has 0 fully saturated rings. The molecule has 0 bridgehead atoms. The second kappa shape index (κ2) is 18.7. The molecule has 0 unspecified atom stereocenters. The fourth-order valence-corrected chi connectivity index (χ4v) is 10.6. The SMILES string of the molecule is CCOC(=O)Cn1c(C)c(Cc2cccnc2S(=O)(=O)c2ccccc2)c2cc(F)ccc21.Cc1c(Cc2cccnc2S(=O)(=O)c2ccccc2)c2cc(F)ccc2n1CC(=O)O. The Bertz CT molecular complexity index is 3260. The zero-order valence-corrected chi connectivity index (χ0v) is 36.5. The average molecular weight is 905 g/mol. The van der Waals surface area contributed by atoms with Crippen molar-refractivity contribution in [3.05, 3.63) is 179 Å². The van der Waals surface area contributed by atoms with Gasteiger partial charge < -0.3 is 19.0 Å². The lowest BCUT2D eigenvalue weighted by atomic mass is 10.0. The van der Waals surface area contributed by atoms with Crippen molar-refractivity contribution in [2.45, 2.75) is 66.5 Å². The summed E-state index contributed by atoms with van der Waals surface area (Å²) in [7, 11) is -7.71. The number of pyridine rings is 2. The van der Waals surface area contributed by atoms with E-state index in [1.54, 1.807) is 89.7 Å². The molecule has 0 amide bonds. The number of fused-ring (bicyclic) bond motifs is 2. The highest BCUT2D eigenvalue weighted by Crippen LogP contribution is 2.33. The van der Waals surface area contributed by atoms with Crippen molar-refractivity contribution in [3.63, 3.8) is 0 Å². The van der Waals surface area contributed by atoms with Crippen LogP contribution in [0.25, 0.3) is 21.8 Å². The molecule has 8 aromatic rings. The van der Waals surface area contributed by atoms with Crippen molar-refractivity contribution < 1.29 is 45.0 Å². The fraction of sp³-hybridized carbons (Fsp3) is 0.167. The van der Waals surface area contributed by atoms with Gasteiger partial charge in [0.1, 0.15) is 24.7 Å². The van der Waals surface area contributed by atoms with Crippen molar-refractivity contribution in [1.82, 2.24) is 19.1 Å². The predicted molar refractivity (Wildman–Crippen MR) is 235 cm³/mol. The maximum atomic E-state index is 14.2. The van der Waals surface area contributed by atoms with Gasteiger partial charge in [-0.15, -0.1) is 0 Å². The number of hydrogen-bond donors (Lipinski definition) is 1. The standard InChI is InChI=1S/C25H23FN2O4S.C23H19FN2O4S/c1-3-32-24(29)16-28-17(2)21(22-15-19(26)11-12-23(22)28)14-18-8-7-13-27-25(18)33(30,31)20-9-5-4-6-10-20;1-15-19(20-13-17(24)9-10-21(20)26(15)14-22(27)28)12-16-6-5-11-25-23(16)31(29,30)18-7-3-2-4-8-18/h4-13,15H,3,14,16H2,1-2H3;2-11,13H,12,14H2,1H3,(H,27,28). The summed E-state index contributed by atoms with van der Waals surface area (Å²) >= 11 is 0. The number of aliphatic carboxylic acids is 1. The fourth-order valence-electron chi connectivity index (χ4n) is 7.78. The predicted octanol–water partition coefficient (Wildman–Crippen LogP) is 8.46. The number of aromatic nitrogens is 4. The number of esters is 1. The van der Waals surface area contributed by atoms with Crippen LogP contribution in [0.3, 0.4) is 0 Å². The number of carboxylic acid groups (broad SMARTS) is 1. The van der Waals surface area contributed by atoms with E-state index in [2.05, 4.69) is 9.97 Å². The van der Waals surface area contributed by atoms with Crippen molar-refractivity contribution in [2.24, 2.45) is 0 Å². The molecule has 12 nitrogen and oxygen atoms in total. The number of rotatable bonds is 13. The van der Waals surface area contributed by atoms with Crippen LogP contribution in [0.5, 0.6) is 0 Å². The highest BCUT2D eigenvalue weighted by Gasteiger charge is 2.27. The molecule has 4 heterocycles. The highest BCUT2D eigenvalue weighted by molar-refractivity contribution is 7.91. The number of benzene rings is 4. The summed E-state index contributed by atoms with van der Waals surface area (Å²) < 4.78 is 89.6. The summed E-state index contributed by atoms with van der Waals surface area (Å²) in [4.78, 5) is 32.1. The minimum atomic E-state index is -3.86. The minimum Gasteiger partial charge on any atom is -0.480 e. The van der Waals surface area contributed by atoms with Crippen molar-refractivity contribution in [2.75, 3.05) is 6.61 Å². The molecule has 64 heavy (non-hydrogen) atoms. The Labute approximate surface area is 368 Å². The van der Waals surface area contributed by atoms with Crippen LogP contribution in [0.15, 0.2) is 154 Å². The van der Waals surface area contributed by atoms with Gasteiger partial charge in [-0.3, -0.25) is 9.59 Å². The topological polar surface area (TPSA) is 168 Å². The lowest BCUT2D eigenvalue weighted by molar-refractivity contribution is -0.143. The molecule has 4 aromatic carbocycles. The van der Waals surface area contributed by atoms with Gasteiger partial charge in [-0.1, -0.05) is 48.5 Å². The number of nitrogens with zero attached hydrogens (tertiary/aromatic N) is 4. The van der Waals surface area contributed by atoms with Gasteiger partial charge in [0.15, 0.2) is 10.1 Å². The number of carboxylic acids is 1. The summed E-state index contributed by atoms with van der Waals surface area (Å²) in [6, 6.07) is 31.3. The van der Waals surface area contributed by atoms with E-state index in [0.29, 0.717) is 44.2 Å². The Morgan fingerprint density at radius 3 is 1.44 bits per heavy atom. The summed E-state index contributed by atoms with van der Waals surface area (Å²) in [5, 5.41) is 10.3. The smallest absolute Gasteiger partial charge is 0.325 e. The normalized spacial score (nSPS) is 11.6. The van der Waals surface area contributed by atoms with Gasteiger partial charge in [0.25, 0.3) is 0 Å². The van der Waals surface area contributed by atoms with Crippen molar-refractivity contribution in [1.29, 1.82) is 0 Å². The molecule has 0 atom stereocenters. The largest absolute Gasteiger partial charge is 0.480 e. The van der Waals surface area contributed by atoms with Gasteiger partial charge in [0.2, 0.25) is 19.7 Å². The molecule has 0 radical (unpaired) electrons. The van der Waals surface area contributed by atoms with Crippen LogP contribution in [0.1, 0.15) is 40.6 Å². The molecule has 0 aliphatic rings. The molecule has 0 saturated heterocycles. The first-order valence-electron chi connectivity index (χ1n) is 20.0. The molecule has 0 aliphatic heterocycles. The van der Waals surface area contributed by atoms with E-state index in [4.69, 9.17) is 4.74 Å². The molecule has 0 aliphatic carbocycles. The van der Waals surface area contributed by atoms with E-state index in [1.165, 1.54) is 67.0 Å². The van der Waals surface area contributed by atoms with Gasteiger partial charge in [-0.25, -0.2) is 35.6 Å². The van der Waals surface area contributed by atoms with Gasteiger partial charge >= 0.3 is 11.9 Å². The molecule has 8 rings (SSSR count). The lowest BCUT2D eigenvalue weighted by Crippen LogP contribution is -2.14. The number of halogens is 2. The van der Waals surface area contributed by atoms with Crippen LogP contribution in [-0.4, -0.2) is 59.6 Å². The number of carbonyl (C=O) groups is 2. The van der Waals surface area contributed by atoms with E-state index in [1.807, 2.05) is 6.92 Å². The minimum absolute atomic E-state index is 0.0238. The van der Waals surface area contributed by atoms with E-state index < -0.39 is 43.2 Å². The number of carbonyl (C=O) groups excluding carboxylic acids is 1. The first-order chi connectivity index (χ1) is 30.6. The molecule has 16 heteroatoms. The Hall–Kier alpha value is -7.04. The quantitative estimate of drug-likeness (QED) is 0.111. The Morgan fingerprint density at radius 2 is 1.03 bits per heavy atom. The molecule has 0 saturated carbocycles. The first kappa shape index (κ1) is 45.0. The second-order valence-corrected chi connectivity index (χ2v) is 18.5. The Morgan fingerprint density at radius 1 is 0.609 bits per heavy atom. The van der Waals surface area contributed by atoms with E-state index >= 15 is 0 Å². The third-order valence-electron chi connectivity index (χ3n) is 10.8. The summed E-state index contributed by atoms with van der Waals surface area (Å²) in [6.07, 6.45) is 3.22. The summed E-state index contributed by atoms with van der Waals surface area (Å²) in [6.45, 7) is 5.26. The molecule has 1 N–H and O–H groups in total. The van der Waals surface area contributed by atoms with Gasteiger partial charge in [0, 0.05) is 58.4 Å².